The van der Waals surface area contributed by atoms with Crippen molar-refractivity contribution in [1.29, 1.82) is 0 Å². The number of halogens is 1. The summed E-state index contributed by atoms with van der Waals surface area (Å²) in [5, 5.41) is 2.71. The van der Waals surface area contributed by atoms with Crippen LogP contribution in [0.3, 0.4) is 0 Å². The first kappa shape index (κ1) is 31.9. The Bertz CT molecular complexity index is 1310. The van der Waals surface area contributed by atoms with Gasteiger partial charge in [-0.3, -0.25) is 19.6 Å². The molecule has 1 aliphatic carbocycles. The first-order valence-electron chi connectivity index (χ1n) is 14.8. The zero-order valence-corrected chi connectivity index (χ0v) is 25.7. The number of carbonyl (C=O) groups is 2. The number of aromatic nitrogens is 2. The molecule has 12 heteroatoms. The standard InChI is InChI=1S/C30H44N8O3.ClH/c1-4-23(37-12-10-30(20-37)18-22(31)19-30)17-21-5-7-24(8-6-21)38-11-9-25(34-28(38)41)33-27(40)36-15-13-35(14-16-36)26(39)29(2,3)32;/h5-9,11,22-23H,4,10,12-20,31-32H2,1-3H3,(H,33,34,40,41);1H. The molecule has 230 valence electrons. The van der Waals surface area contributed by atoms with Gasteiger partial charge in [0.15, 0.2) is 0 Å². The van der Waals surface area contributed by atoms with Crippen LogP contribution < -0.4 is 22.5 Å². The number of benzene rings is 1. The summed E-state index contributed by atoms with van der Waals surface area (Å²) in [6.07, 6.45) is 7.28. The van der Waals surface area contributed by atoms with Gasteiger partial charge < -0.3 is 21.3 Å². The highest BCUT2D eigenvalue weighted by molar-refractivity contribution is 5.89. The minimum absolute atomic E-state index is 0. The minimum atomic E-state index is -0.946. The van der Waals surface area contributed by atoms with Crippen molar-refractivity contribution in [2.75, 3.05) is 44.6 Å². The van der Waals surface area contributed by atoms with Crippen LogP contribution in [-0.4, -0.2) is 93.1 Å². The van der Waals surface area contributed by atoms with Crippen molar-refractivity contribution in [2.45, 2.75) is 70.5 Å². The lowest BCUT2D eigenvalue weighted by Crippen LogP contribution is -2.58. The van der Waals surface area contributed by atoms with Crippen LogP contribution in [-0.2, 0) is 11.2 Å². The van der Waals surface area contributed by atoms with Crippen LogP contribution in [0.15, 0.2) is 41.3 Å². The molecule has 3 aliphatic rings. The molecule has 3 heterocycles. The number of urea groups is 1. The fourth-order valence-corrected chi connectivity index (χ4v) is 6.64. The van der Waals surface area contributed by atoms with Gasteiger partial charge in [-0.1, -0.05) is 19.1 Å². The molecule has 2 aliphatic heterocycles. The fourth-order valence-electron chi connectivity index (χ4n) is 6.64. The van der Waals surface area contributed by atoms with E-state index in [4.69, 9.17) is 11.5 Å². The highest BCUT2D eigenvalue weighted by Crippen LogP contribution is 2.48. The number of carbonyl (C=O) groups excluding carboxylic acids is 2. The Morgan fingerprint density at radius 2 is 1.71 bits per heavy atom. The second-order valence-electron chi connectivity index (χ2n) is 12.7. The minimum Gasteiger partial charge on any atom is -0.338 e. The molecule has 5 N–H and O–H groups in total. The smallest absolute Gasteiger partial charge is 0.338 e. The van der Waals surface area contributed by atoms with Crippen LogP contribution >= 0.6 is 12.4 Å². The van der Waals surface area contributed by atoms with Gasteiger partial charge in [0.25, 0.3) is 0 Å². The summed E-state index contributed by atoms with van der Waals surface area (Å²) >= 11 is 0. The van der Waals surface area contributed by atoms with Gasteiger partial charge in [-0.15, -0.1) is 12.4 Å². The molecule has 1 aromatic heterocycles. The lowest BCUT2D eigenvalue weighted by atomic mass is 9.65. The third kappa shape index (κ3) is 6.96. The highest BCUT2D eigenvalue weighted by atomic mass is 35.5. The topological polar surface area (TPSA) is 143 Å². The first-order valence-corrected chi connectivity index (χ1v) is 14.8. The zero-order valence-electron chi connectivity index (χ0n) is 24.9. The maximum atomic E-state index is 12.8. The summed E-state index contributed by atoms with van der Waals surface area (Å²) in [6, 6.07) is 10.2. The molecule has 2 aromatic rings. The van der Waals surface area contributed by atoms with E-state index < -0.39 is 11.2 Å². The summed E-state index contributed by atoms with van der Waals surface area (Å²) in [5.74, 6) is 0.0520. The Morgan fingerprint density at radius 1 is 1.07 bits per heavy atom. The van der Waals surface area contributed by atoms with E-state index >= 15 is 0 Å². The van der Waals surface area contributed by atoms with Gasteiger partial charge in [0, 0.05) is 51.0 Å². The van der Waals surface area contributed by atoms with Crippen LogP contribution in [0.2, 0.25) is 0 Å². The number of hydrogen-bond donors (Lipinski definition) is 3. The van der Waals surface area contributed by atoms with Crippen LogP contribution in [0.4, 0.5) is 10.6 Å². The van der Waals surface area contributed by atoms with Gasteiger partial charge in [-0.2, -0.15) is 4.98 Å². The average Bonchev–Trinajstić information content (AvgIpc) is 3.36. The monoisotopic (exact) mass is 600 g/mol. The molecule has 1 saturated carbocycles. The molecule has 0 radical (unpaired) electrons. The Labute approximate surface area is 254 Å². The maximum Gasteiger partial charge on any atom is 0.354 e. The van der Waals surface area contributed by atoms with E-state index in [1.165, 1.54) is 16.6 Å². The normalized spacial score (nSPS) is 23.3. The van der Waals surface area contributed by atoms with Crippen molar-refractivity contribution in [3.8, 4) is 5.69 Å². The van der Waals surface area contributed by atoms with Crippen molar-refractivity contribution in [3.63, 3.8) is 0 Å². The van der Waals surface area contributed by atoms with Crippen molar-refractivity contribution >= 4 is 30.2 Å². The van der Waals surface area contributed by atoms with Gasteiger partial charge in [0.05, 0.1) is 11.2 Å². The third-order valence-electron chi connectivity index (χ3n) is 8.98. The van der Waals surface area contributed by atoms with Crippen LogP contribution in [0.25, 0.3) is 5.69 Å². The second kappa shape index (κ2) is 12.7. The Morgan fingerprint density at radius 3 is 2.29 bits per heavy atom. The van der Waals surface area contributed by atoms with Crippen molar-refractivity contribution in [1.82, 2.24) is 24.3 Å². The number of piperazine rings is 1. The van der Waals surface area contributed by atoms with E-state index in [0.29, 0.717) is 43.7 Å². The SMILES string of the molecule is CCC(Cc1ccc(-n2ccc(NC(=O)N3CCN(C(=O)C(C)(C)N)CC3)nc2=O)cc1)N1CCC2(CC(N)C2)C1.Cl. The Kier molecular flexibility index (Phi) is 9.66. The van der Waals surface area contributed by atoms with E-state index in [1.807, 2.05) is 12.1 Å². The molecule has 1 spiro atoms. The van der Waals surface area contributed by atoms with Gasteiger partial charge >= 0.3 is 11.7 Å². The van der Waals surface area contributed by atoms with Crippen LogP contribution in [0.1, 0.15) is 52.0 Å². The summed E-state index contributed by atoms with van der Waals surface area (Å²) in [6.45, 7) is 9.48. The van der Waals surface area contributed by atoms with E-state index in [9.17, 15) is 14.4 Å². The number of anilines is 1. The molecule has 1 unspecified atom stereocenters. The third-order valence-corrected chi connectivity index (χ3v) is 8.98. The largest absolute Gasteiger partial charge is 0.354 e. The van der Waals surface area contributed by atoms with Gasteiger partial charge in [-0.25, -0.2) is 9.59 Å². The van der Waals surface area contributed by atoms with Crippen LogP contribution in [0.5, 0.6) is 0 Å². The molecule has 3 fully saturated rings. The number of nitrogens with two attached hydrogens (primary N) is 2. The molecular weight excluding hydrogens is 556 g/mol. The summed E-state index contributed by atoms with van der Waals surface area (Å²) in [7, 11) is 0. The van der Waals surface area contributed by atoms with E-state index in [0.717, 1.165) is 44.5 Å². The summed E-state index contributed by atoms with van der Waals surface area (Å²) in [5.41, 5.74) is 13.0. The number of likely N-dealkylation sites (tertiary alicyclic amines) is 1. The second-order valence-corrected chi connectivity index (χ2v) is 12.7. The quantitative estimate of drug-likeness (QED) is 0.442. The lowest BCUT2D eigenvalue weighted by molar-refractivity contribution is -0.137. The average molecular weight is 601 g/mol. The van der Waals surface area contributed by atoms with Gasteiger partial charge in [0.1, 0.15) is 5.82 Å². The predicted octanol–water partition coefficient (Wildman–Crippen LogP) is 2.20. The van der Waals surface area contributed by atoms with Crippen molar-refractivity contribution in [2.24, 2.45) is 16.9 Å². The molecular formula is C30H45ClN8O3. The lowest BCUT2D eigenvalue weighted by Gasteiger charge is -2.44. The Hall–Kier alpha value is -2.99. The molecule has 1 aromatic carbocycles. The maximum absolute atomic E-state index is 12.8. The molecule has 0 bridgehead atoms. The number of nitrogens with zero attached hydrogens (tertiary/aromatic N) is 5. The van der Waals surface area contributed by atoms with Crippen molar-refractivity contribution in [3.05, 3.63) is 52.6 Å². The molecule has 1 atom stereocenters. The number of amides is 3. The molecule has 42 heavy (non-hydrogen) atoms. The number of nitrogens with one attached hydrogen (secondary N) is 1. The first-order chi connectivity index (χ1) is 19.5. The van der Waals surface area contributed by atoms with E-state index in [-0.39, 0.29) is 30.2 Å². The van der Waals surface area contributed by atoms with Crippen LogP contribution in [0, 0.1) is 5.41 Å². The zero-order chi connectivity index (χ0) is 29.4. The van der Waals surface area contributed by atoms with Gasteiger partial charge in [0.2, 0.25) is 5.91 Å². The number of hydrogen-bond acceptors (Lipinski definition) is 7. The van der Waals surface area contributed by atoms with E-state index in [2.05, 4.69) is 34.3 Å². The van der Waals surface area contributed by atoms with E-state index in [1.54, 1.807) is 35.9 Å². The summed E-state index contributed by atoms with van der Waals surface area (Å²) < 4.78 is 1.47. The molecule has 5 rings (SSSR count). The van der Waals surface area contributed by atoms with Crippen molar-refractivity contribution < 1.29 is 9.59 Å². The summed E-state index contributed by atoms with van der Waals surface area (Å²) in [4.78, 5) is 48.0. The highest BCUT2D eigenvalue weighted by Gasteiger charge is 2.47. The predicted molar refractivity (Wildman–Crippen MR) is 166 cm³/mol. The molecule has 3 amide bonds. The number of rotatable bonds is 7. The molecule has 11 nitrogen and oxygen atoms in total. The van der Waals surface area contributed by atoms with Gasteiger partial charge in [-0.05, 0) is 81.7 Å². The Balaban J connectivity index is 0.00000405. The fraction of sp³-hybridized carbons (Fsp3) is 0.600. The molecule has 2 saturated heterocycles.